The fraction of sp³-hybridized carbons (Fsp3) is 0.125. The molecule has 0 spiro atoms. The summed E-state index contributed by atoms with van der Waals surface area (Å²) in [5.74, 6) is 0.503. The van der Waals surface area contributed by atoms with E-state index in [1.54, 1.807) is 6.92 Å². The molecular weight excluding hydrogens is 144 g/mol. The molecule has 1 rings (SSSR count). The van der Waals surface area contributed by atoms with E-state index >= 15 is 0 Å². The van der Waals surface area contributed by atoms with Crippen LogP contribution in [-0.4, -0.2) is 5.11 Å². The van der Waals surface area contributed by atoms with E-state index in [0.717, 1.165) is 6.26 Å². The smallest absolute Gasteiger partial charge is 0.192 e. The van der Waals surface area contributed by atoms with Crippen LogP contribution >= 0.6 is 0 Å². The molecule has 0 aliphatic heterocycles. The molecule has 0 aliphatic carbocycles. The van der Waals surface area contributed by atoms with Gasteiger partial charge in [-0.25, -0.2) is 0 Å². The zero-order valence-corrected chi connectivity index (χ0v) is 6.07. The predicted molar refractivity (Wildman–Crippen MR) is 41.4 cm³/mol. The summed E-state index contributed by atoms with van der Waals surface area (Å²) in [5, 5.41) is 8.41. The highest BCUT2D eigenvalue weighted by Gasteiger charge is 1.99. The molecule has 0 saturated carbocycles. The van der Waals surface area contributed by atoms with Gasteiger partial charge in [-0.2, -0.15) is 0 Å². The van der Waals surface area contributed by atoms with Crippen LogP contribution < -0.4 is 5.43 Å². The van der Waals surface area contributed by atoms with E-state index in [1.807, 2.05) is 0 Å². The summed E-state index contributed by atoms with van der Waals surface area (Å²) >= 11 is 0. The third-order valence-corrected chi connectivity index (χ3v) is 1.35. The Morgan fingerprint density at radius 1 is 1.64 bits per heavy atom. The van der Waals surface area contributed by atoms with Gasteiger partial charge in [-0.15, -0.1) is 0 Å². The molecule has 1 N–H and O–H groups in total. The molecule has 1 heterocycles. The summed E-state index contributed by atoms with van der Waals surface area (Å²) < 4.78 is 4.93. The first-order chi connectivity index (χ1) is 5.25. The van der Waals surface area contributed by atoms with Gasteiger partial charge >= 0.3 is 0 Å². The van der Waals surface area contributed by atoms with Gasteiger partial charge in [0.25, 0.3) is 0 Å². The molecule has 11 heavy (non-hydrogen) atoms. The van der Waals surface area contributed by atoms with Crippen molar-refractivity contribution in [3.05, 3.63) is 40.1 Å². The van der Waals surface area contributed by atoms with Crippen molar-refractivity contribution in [3.63, 3.8) is 0 Å². The third-order valence-electron chi connectivity index (χ3n) is 1.35. The zero-order valence-electron chi connectivity index (χ0n) is 6.07. The molecule has 0 aliphatic rings. The van der Waals surface area contributed by atoms with Crippen LogP contribution in [0.3, 0.4) is 0 Å². The minimum atomic E-state index is -0.154. The van der Waals surface area contributed by atoms with Gasteiger partial charge in [0.05, 0.1) is 18.1 Å². The van der Waals surface area contributed by atoms with E-state index in [1.165, 1.54) is 18.4 Å². The summed E-state index contributed by atoms with van der Waals surface area (Å²) in [7, 11) is 0. The maximum absolute atomic E-state index is 11.0. The maximum atomic E-state index is 11.0. The first-order valence-electron chi connectivity index (χ1n) is 3.15. The largest absolute Gasteiger partial charge is 0.516 e. The molecule has 0 unspecified atom stereocenters. The normalized spacial score (nSPS) is 10.6. The van der Waals surface area contributed by atoms with Gasteiger partial charge in [0, 0.05) is 6.07 Å². The topological polar surface area (TPSA) is 50.4 Å². The lowest BCUT2D eigenvalue weighted by atomic mass is 10.2. The minimum absolute atomic E-state index is 0.154. The van der Waals surface area contributed by atoms with Crippen molar-refractivity contribution in [2.24, 2.45) is 0 Å². The van der Waals surface area contributed by atoms with Crippen molar-refractivity contribution in [2.75, 3.05) is 0 Å². The Bertz CT molecular complexity index is 322. The summed E-state index contributed by atoms with van der Waals surface area (Å²) in [4.78, 5) is 11.0. The predicted octanol–water partition coefficient (Wildman–Crippen LogP) is 1.48. The second-order valence-electron chi connectivity index (χ2n) is 2.07. The van der Waals surface area contributed by atoms with Crippen LogP contribution in [0, 0.1) is 6.92 Å². The quantitative estimate of drug-likeness (QED) is 0.620. The van der Waals surface area contributed by atoms with Gasteiger partial charge in [0.1, 0.15) is 5.76 Å². The lowest BCUT2D eigenvalue weighted by Crippen LogP contribution is -2.03. The van der Waals surface area contributed by atoms with Crippen LogP contribution in [0.5, 0.6) is 0 Å². The molecule has 3 nitrogen and oxygen atoms in total. The van der Waals surface area contributed by atoms with Gasteiger partial charge < -0.3 is 9.52 Å². The van der Waals surface area contributed by atoms with E-state index in [0.29, 0.717) is 11.3 Å². The number of aliphatic hydroxyl groups excluding tert-OH is 1. The number of aliphatic hydroxyl groups is 1. The lowest BCUT2D eigenvalue weighted by Gasteiger charge is -1.94. The highest BCUT2D eigenvalue weighted by molar-refractivity contribution is 5.48. The molecule has 1 aromatic rings. The van der Waals surface area contributed by atoms with E-state index in [4.69, 9.17) is 9.52 Å². The average molecular weight is 152 g/mol. The maximum Gasteiger partial charge on any atom is 0.192 e. The van der Waals surface area contributed by atoms with E-state index in [-0.39, 0.29) is 5.43 Å². The third kappa shape index (κ3) is 1.49. The van der Waals surface area contributed by atoms with Crippen molar-refractivity contribution in [1.82, 2.24) is 0 Å². The standard InChI is InChI=1S/C8H8O3/c1-6-7(2-4-9)8(10)3-5-11-6/h2-5,9H,1H3/b4-2+. The minimum Gasteiger partial charge on any atom is -0.516 e. The van der Waals surface area contributed by atoms with Gasteiger partial charge in [0.15, 0.2) is 5.43 Å². The number of hydrogen-bond acceptors (Lipinski definition) is 3. The molecule has 0 bridgehead atoms. The number of rotatable bonds is 1. The molecular formula is C8H8O3. The Kier molecular flexibility index (Phi) is 2.11. The van der Waals surface area contributed by atoms with Crippen LogP contribution in [0.15, 0.2) is 27.8 Å². The molecule has 58 valence electrons. The fourth-order valence-electron chi connectivity index (χ4n) is 0.799. The SMILES string of the molecule is Cc1occc(=O)c1/C=C/O. The highest BCUT2D eigenvalue weighted by Crippen LogP contribution is 2.02. The van der Waals surface area contributed by atoms with Gasteiger partial charge in [-0.3, -0.25) is 4.79 Å². The van der Waals surface area contributed by atoms with Crippen molar-refractivity contribution < 1.29 is 9.52 Å². The lowest BCUT2D eigenvalue weighted by molar-refractivity contribution is 0.476. The molecule has 0 radical (unpaired) electrons. The van der Waals surface area contributed by atoms with Crippen LogP contribution in [0.2, 0.25) is 0 Å². The van der Waals surface area contributed by atoms with Crippen LogP contribution in [-0.2, 0) is 0 Å². The Labute approximate surface area is 63.6 Å². The van der Waals surface area contributed by atoms with Crippen molar-refractivity contribution in [2.45, 2.75) is 6.92 Å². The van der Waals surface area contributed by atoms with Crippen LogP contribution in [0.1, 0.15) is 11.3 Å². The summed E-state index contributed by atoms with van der Waals surface area (Å²) in [6.45, 7) is 1.66. The number of hydrogen-bond donors (Lipinski definition) is 1. The Morgan fingerprint density at radius 3 is 2.91 bits per heavy atom. The molecule has 0 aromatic carbocycles. The fourth-order valence-corrected chi connectivity index (χ4v) is 0.799. The van der Waals surface area contributed by atoms with Crippen molar-refractivity contribution in [3.8, 4) is 0 Å². The number of aryl methyl sites for hydroxylation is 1. The second-order valence-corrected chi connectivity index (χ2v) is 2.07. The second kappa shape index (κ2) is 3.05. The summed E-state index contributed by atoms with van der Waals surface area (Å²) in [6, 6.07) is 1.31. The first-order valence-corrected chi connectivity index (χ1v) is 3.15. The van der Waals surface area contributed by atoms with E-state index < -0.39 is 0 Å². The van der Waals surface area contributed by atoms with Crippen LogP contribution in [0.4, 0.5) is 0 Å². The van der Waals surface area contributed by atoms with Crippen molar-refractivity contribution in [1.29, 1.82) is 0 Å². The molecule has 0 amide bonds. The Balaban J connectivity index is 3.32. The summed E-state index contributed by atoms with van der Waals surface area (Å²) in [6.07, 6.45) is 3.45. The monoisotopic (exact) mass is 152 g/mol. The molecule has 1 aromatic heterocycles. The van der Waals surface area contributed by atoms with Gasteiger partial charge in [-0.1, -0.05) is 0 Å². The average Bonchev–Trinajstić information content (AvgIpc) is 1.97. The Hall–Kier alpha value is -1.51. The molecule has 3 heteroatoms. The first kappa shape index (κ1) is 7.60. The van der Waals surface area contributed by atoms with E-state index in [2.05, 4.69) is 0 Å². The van der Waals surface area contributed by atoms with E-state index in [9.17, 15) is 4.79 Å². The highest BCUT2D eigenvalue weighted by atomic mass is 16.3. The summed E-state index contributed by atoms with van der Waals surface area (Å²) in [5.41, 5.74) is 0.231. The Morgan fingerprint density at radius 2 is 2.36 bits per heavy atom. The molecule has 0 saturated heterocycles. The zero-order chi connectivity index (χ0) is 8.27. The van der Waals surface area contributed by atoms with Gasteiger partial charge in [-0.05, 0) is 13.0 Å². The van der Waals surface area contributed by atoms with Crippen LogP contribution in [0.25, 0.3) is 6.08 Å². The molecule has 0 fully saturated rings. The van der Waals surface area contributed by atoms with Gasteiger partial charge in [0.2, 0.25) is 0 Å². The molecule has 0 atom stereocenters. The van der Waals surface area contributed by atoms with Crippen molar-refractivity contribution >= 4 is 6.08 Å².